The number of nitrogens with zero attached hydrogens (tertiary/aromatic N) is 4. The van der Waals surface area contributed by atoms with Crippen LogP contribution in [0.1, 0.15) is 10.4 Å². The first kappa shape index (κ1) is 19.1. The van der Waals surface area contributed by atoms with E-state index in [1.54, 1.807) is 0 Å². The van der Waals surface area contributed by atoms with Crippen LogP contribution in [0, 0.1) is 3.57 Å². The molecule has 28 heavy (non-hydrogen) atoms. The fraction of sp³-hybridized carbons (Fsp3) is 0.190. The number of hydrogen-bond donors (Lipinski definition) is 0. The Bertz CT molecular complexity index is 970. The molecule has 0 unspecified atom stereocenters. The van der Waals surface area contributed by atoms with Crippen molar-refractivity contribution in [2.45, 2.75) is 0 Å². The number of carbonyl (C=O) groups is 1. The molecule has 2 heterocycles. The Kier molecular flexibility index (Phi) is 5.77. The molecule has 1 fully saturated rings. The summed E-state index contributed by atoms with van der Waals surface area (Å²) in [6.07, 6.45) is 0. The molecule has 1 aliphatic rings. The van der Waals surface area contributed by atoms with Crippen LogP contribution in [0.2, 0.25) is 5.02 Å². The highest BCUT2D eigenvalue weighted by atomic mass is 127. The highest BCUT2D eigenvalue weighted by Crippen LogP contribution is 2.26. The van der Waals surface area contributed by atoms with Crippen molar-refractivity contribution in [1.82, 2.24) is 15.1 Å². The number of hydrogen-bond acceptors (Lipinski definition) is 4. The Morgan fingerprint density at radius 1 is 0.893 bits per heavy atom. The summed E-state index contributed by atoms with van der Waals surface area (Å²) in [7, 11) is 0. The third-order valence-electron chi connectivity index (χ3n) is 4.78. The van der Waals surface area contributed by atoms with Gasteiger partial charge < -0.3 is 9.80 Å². The minimum Gasteiger partial charge on any atom is -0.352 e. The van der Waals surface area contributed by atoms with Crippen LogP contribution < -0.4 is 4.90 Å². The number of halogens is 2. The maximum Gasteiger partial charge on any atom is 0.253 e. The third kappa shape index (κ3) is 4.12. The Morgan fingerprint density at radius 2 is 1.61 bits per heavy atom. The van der Waals surface area contributed by atoms with E-state index >= 15 is 0 Å². The van der Waals surface area contributed by atoms with E-state index in [1.165, 1.54) is 0 Å². The van der Waals surface area contributed by atoms with Gasteiger partial charge in [-0.3, -0.25) is 4.79 Å². The second-order valence-corrected chi connectivity index (χ2v) is 8.20. The molecule has 7 heteroatoms. The predicted octanol–water partition coefficient (Wildman–Crippen LogP) is 4.36. The van der Waals surface area contributed by atoms with Gasteiger partial charge in [0.05, 0.1) is 10.7 Å². The third-order valence-corrected chi connectivity index (χ3v) is 5.83. The van der Waals surface area contributed by atoms with Crippen LogP contribution in [-0.2, 0) is 0 Å². The van der Waals surface area contributed by atoms with Gasteiger partial charge in [0, 0.05) is 40.9 Å². The standard InChI is InChI=1S/C21H18ClIN4O/c22-18-4-2-1-3-17(18)19-9-10-20(25-24-19)26-11-13-27(14-12-26)21(28)15-5-7-16(23)8-6-15/h1-10H,11-14H2. The van der Waals surface area contributed by atoms with Crippen LogP contribution in [0.3, 0.4) is 0 Å². The summed E-state index contributed by atoms with van der Waals surface area (Å²) in [6.45, 7) is 2.80. The maximum atomic E-state index is 12.7. The lowest BCUT2D eigenvalue weighted by Gasteiger charge is -2.35. The number of rotatable bonds is 3. The number of anilines is 1. The topological polar surface area (TPSA) is 49.3 Å². The normalized spacial score (nSPS) is 14.2. The largest absolute Gasteiger partial charge is 0.352 e. The molecule has 1 saturated heterocycles. The highest BCUT2D eigenvalue weighted by molar-refractivity contribution is 14.1. The van der Waals surface area contributed by atoms with Crippen molar-refractivity contribution in [1.29, 1.82) is 0 Å². The molecule has 3 aromatic rings. The Hall–Kier alpha value is -2.19. The lowest BCUT2D eigenvalue weighted by Crippen LogP contribution is -2.49. The number of aromatic nitrogens is 2. The quantitative estimate of drug-likeness (QED) is 0.497. The van der Waals surface area contributed by atoms with Gasteiger partial charge in [-0.25, -0.2) is 0 Å². The van der Waals surface area contributed by atoms with Crippen molar-refractivity contribution in [3.05, 3.63) is 74.8 Å². The van der Waals surface area contributed by atoms with E-state index in [0.717, 1.165) is 39.3 Å². The Labute approximate surface area is 182 Å². The molecule has 1 aliphatic heterocycles. The summed E-state index contributed by atoms with van der Waals surface area (Å²) in [5.41, 5.74) is 2.36. The van der Waals surface area contributed by atoms with Crippen LogP contribution in [0.4, 0.5) is 5.82 Å². The lowest BCUT2D eigenvalue weighted by atomic mass is 10.1. The van der Waals surface area contributed by atoms with Gasteiger partial charge in [-0.05, 0) is 65.1 Å². The first-order valence-electron chi connectivity index (χ1n) is 9.00. The summed E-state index contributed by atoms with van der Waals surface area (Å²) < 4.78 is 1.12. The van der Waals surface area contributed by atoms with E-state index in [0.29, 0.717) is 18.1 Å². The Morgan fingerprint density at radius 3 is 2.25 bits per heavy atom. The van der Waals surface area contributed by atoms with Crippen molar-refractivity contribution in [2.75, 3.05) is 31.1 Å². The molecule has 0 spiro atoms. The summed E-state index contributed by atoms with van der Waals surface area (Å²) in [6, 6.07) is 19.2. The monoisotopic (exact) mass is 504 g/mol. The summed E-state index contributed by atoms with van der Waals surface area (Å²) >= 11 is 8.48. The molecular weight excluding hydrogens is 487 g/mol. The molecule has 0 bridgehead atoms. The fourth-order valence-electron chi connectivity index (χ4n) is 3.22. The molecular formula is C21H18ClIN4O. The van der Waals surface area contributed by atoms with Crippen molar-refractivity contribution >= 4 is 45.9 Å². The molecule has 0 saturated carbocycles. The summed E-state index contributed by atoms with van der Waals surface area (Å²) in [5, 5.41) is 9.37. The van der Waals surface area contributed by atoms with Gasteiger partial charge in [0.2, 0.25) is 0 Å². The summed E-state index contributed by atoms with van der Waals surface area (Å²) in [4.78, 5) is 16.7. The number of piperazine rings is 1. The van der Waals surface area contributed by atoms with Crippen molar-refractivity contribution < 1.29 is 4.79 Å². The summed E-state index contributed by atoms with van der Waals surface area (Å²) in [5.74, 6) is 0.897. The van der Waals surface area contributed by atoms with Gasteiger partial charge in [-0.15, -0.1) is 10.2 Å². The van der Waals surface area contributed by atoms with E-state index in [2.05, 4.69) is 37.7 Å². The number of carbonyl (C=O) groups excluding carboxylic acids is 1. The van der Waals surface area contributed by atoms with Gasteiger partial charge in [-0.1, -0.05) is 29.8 Å². The zero-order valence-electron chi connectivity index (χ0n) is 15.1. The first-order chi connectivity index (χ1) is 13.6. The molecule has 0 radical (unpaired) electrons. The van der Waals surface area contributed by atoms with Gasteiger partial charge >= 0.3 is 0 Å². The second-order valence-electron chi connectivity index (χ2n) is 6.54. The van der Waals surface area contributed by atoms with Crippen LogP contribution in [0.5, 0.6) is 0 Å². The molecule has 1 amide bonds. The fourth-order valence-corrected chi connectivity index (χ4v) is 3.81. The Balaban J connectivity index is 1.40. The highest BCUT2D eigenvalue weighted by Gasteiger charge is 2.23. The minimum atomic E-state index is 0.0798. The molecule has 1 aromatic heterocycles. The number of benzene rings is 2. The lowest BCUT2D eigenvalue weighted by molar-refractivity contribution is 0.0746. The van der Waals surface area contributed by atoms with E-state index in [1.807, 2.05) is 65.6 Å². The minimum absolute atomic E-state index is 0.0798. The number of amides is 1. The van der Waals surface area contributed by atoms with E-state index in [-0.39, 0.29) is 5.91 Å². The SMILES string of the molecule is O=C(c1ccc(I)cc1)N1CCN(c2ccc(-c3ccccc3Cl)nn2)CC1. The van der Waals surface area contributed by atoms with Crippen LogP contribution in [0.15, 0.2) is 60.7 Å². The molecule has 0 N–H and O–H groups in total. The average molecular weight is 505 g/mol. The van der Waals surface area contributed by atoms with Gasteiger partial charge in [0.15, 0.2) is 5.82 Å². The molecule has 5 nitrogen and oxygen atoms in total. The van der Waals surface area contributed by atoms with Gasteiger partial charge in [0.25, 0.3) is 5.91 Å². The second kappa shape index (κ2) is 8.45. The van der Waals surface area contributed by atoms with E-state index in [9.17, 15) is 4.79 Å². The van der Waals surface area contributed by atoms with Crippen LogP contribution in [0.25, 0.3) is 11.3 Å². The first-order valence-corrected chi connectivity index (χ1v) is 10.5. The average Bonchev–Trinajstić information content (AvgIpc) is 2.74. The van der Waals surface area contributed by atoms with Crippen molar-refractivity contribution in [3.8, 4) is 11.3 Å². The van der Waals surface area contributed by atoms with Crippen LogP contribution in [-0.4, -0.2) is 47.2 Å². The molecule has 0 atom stereocenters. The molecule has 2 aromatic carbocycles. The predicted molar refractivity (Wildman–Crippen MR) is 120 cm³/mol. The van der Waals surface area contributed by atoms with Crippen molar-refractivity contribution in [3.63, 3.8) is 0 Å². The molecule has 4 rings (SSSR count). The maximum absolute atomic E-state index is 12.7. The zero-order valence-corrected chi connectivity index (χ0v) is 18.0. The zero-order chi connectivity index (χ0) is 19.5. The van der Waals surface area contributed by atoms with E-state index < -0.39 is 0 Å². The van der Waals surface area contributed by atoms with E-state index in [4.69, 9.17) is 11.6 Å². The van der Waals surface area contributed by atoms with Gasteiger partial charge in [-0.2, -0.15) is 0 Å². The smallest absolute Gasteiger partial charge is 0.253 e. The molecule has 0 aliphatic carbocycles. The molecule has 142 valence electrons. The van der Waals surface area contributed by atoms with Crippen LogP contribution >= 0.6 is 34.2 Å². The van der Waals surface area contributed by atoms with Crippen molar-refractivity contribution in [2.24, 2.45) is 0 Å². The van der Waals surface area contributed by atoms with Gasteiger partial charge in [0.1, 0.15) is 0 Å².